The summed E-state index contributed by atoms with van der Waals surface area (Å²) in [6.45, 7) is 0. The molecule has 0 fully saturated rings. The fraction of sp³-hybridized carbons (Fsp3) is 0.125. The molecule has 2 aromatic carbocycles. The van der Waals surface area contributed by atoms with Gasteiger partial charge >= 0.3 is 0 Å². The number of ketones is 1. The summed E-state index contributed by atoms with van der Waals surface area (Å²) in [4.78, 5) is 27.7. The lowest BCUT2D eigenvalue weighted by atomic mass is 9.99. The van der Waals surface area contributed by atoms with E-state index in [1.807, 2.05) is 30.3 Å². The van der Waals surface area contributed by atoms with Gasteiger partial charge in [0.2, 0.25) is 5.78 Å². The second kappa shape index (κ2) is 5.77. The second-order valence-corrected chi connectivity index (χ2v) is 4.87. The second-order valence-electron chi connectivity index (χ2n) is 4.87. The van der Waals surface area contributed by atoms with Crippen molar-refractivity contribution < 1.29 is 14.6 Å². The smallest absolute Gasteiger partial charge is 0.269 e. The van der Waals surface area contributed by atoms with Crippen LogP contribution in [0.5, 0.6) is 0 Å². The van der Waals surface area contributed by atoms with E-state index < -0.39 is 11.0 Å². The number of carbonyl (C=O) groups excluding carboxylic acids is 1. The van der Waals surface area contributed by atoms with Crippen molar-refractivity contribution in [3.05, 3.63) is 75.8 Å². The zero-order valence-electron chi connectivity index (χ0n) is 11.5. The van der Waals surface area contributed by atoms with E-state index in [0.717, 1.165) is 11.3 Å². The molecule has 0 saturated carbocycles. The summed E-state index contributed by atoms with van der Waals surface area (Å²) in [5, 5.41) is 14.6. The van der Waals surface area contributed by atoms with Crippen LogP contribution in [0, 0.1) is 10.1 Å². The van der Waals surface area contributed by atoms with Gasteiger partial charge in [0.1, 0.15) is 0 Å². The maximum absolute atomic E-state index is 12.3. The zero-order valence-corrected chi connectivity index (χ0v) is 11.5. The third-order valence-electron chi connectivity index (χ3n) is 3.43. The molecule has 0 aliphatic carbocycles. The molecule has 1 atom stereocenters. The van der Waals surface area contributed by atoms with Gasteiger partial charge in [-0.1, -0.05) is 35.5 Å². The molecule has 1 unspecified atom stereocenters. The number of non-ortho nitro benzene ring substituents is 1. The quantitative estimate of drug-likeness (QED) is 0.493. The summed E-state index contributed by atoms with van der Waals surface area (Å²) in [7, 11) is 0. The van der Waals surface area contributed by atoms with Crippen molar-refractivity contribution in [2.24, 2.45) is 5.16 Å². The summed E-state index contributed by atoms with van der Waals surface area (Å²) < 4.78 is 0. The minimum Gasteiger partial charge on any atom is -0.383 e. The van der Waals surface area contributed by atoms with Crippen molar-refractivity contribution in [3.63, 3.8) is 0 Å². The predicted molar refractivity (Wildman–Crippen MR) is 79.9 cm³/mol. The third-order valence-corrected chi connectivity index (χ3v) is 3.43. The molecule has 1 heterocycles. The Bertz CT molecular complexity index is 739. The summed E-state index contributed by atoms with van der Waals surface area (Å²) in [6, 6.07) is 15.0. The van der Waals surface area contributed by atoms with Crippen LogP contribution in [0.3, 0.4) is 0 Å². The maximum Gasteiger partial charge on any atom is 0.269 e. The van der Waals surface area contributed by atoms with Gasteiger partial charge < -0.3 is 4.84 Å². The molecule has 0 spiro atoms. The largest absolute Gasteiger partial charge is 0.383 e. The van der Waals surface area contributed by atoms with E-state index in [9.17, 15) is 14.9 Å². The number of carbonyl (C=O) groups is 1. The monoisotopic (exact) mass is 296 g/mol. The molecule has 0 bridgehead atoms. The molecular formula is C16H12N2O4. The topological polar surface area (TPSA) is 81.8 Å². The van der Waals surface area contributed by atoms with E-state index in [0.29, 0.717) is 12.0 Å². The summed E-state index contributed by atoms with van der Waals surface area (Å²) in [6.07, 6.45) is -0.295. The number of hydrogen-bond donors (Lipinski definition) is 0. The van der Waals surface area contributed by atoms with Crippen molar-refractivity contribution in [3.8, 4) is 0 Å². The lowest BCUT2D eigenvalue weighted by molar-refractivity contribution is -0.384. The molecule has 22 heavy (non-hydrogen) atoms. The van der Waals surface area contributed by atoms with Crippen molar-refractivity contribution in [2.45, 2.75) is 12.5 Å². The molecule has 3 rings (SSSR count). The van der Waals surface area contributed by atoms with Crippen LogP contribution in [0.1, 0.15) is 22.3 Å². The number of oxime groups is 1. The van der Waals surface area contributed by atoms with Gasteiger partial charge in [-0.3, -0.25) is 14.9 Å². The minimum atomic E-state index is -0.684. The number of nitrogens with zero attached hydrogens (tertiary/aromatic N) is 2. The molecule has 110 valence electrons. The first kappa shape index (κ1) is 13.9. The summed E-state index contributed by atoms with van der Waals surface area (Å²) >= 11 is 0. The van der Waals surface area contributed by atoms with E-state index >= 15 is 0 Å². The molecule has 0 amide bonds. The standard InChI is InChI=1S/C16H12N2O4/c19-16(12-6-8-13(9-7-12)18(20)21)15-10-14(17-22-15)11-4-2-1-3-5-11/h1-9,15H,10H2. The molecule has 6 nitrogen and oxygen atoms in total. The average Bonchev–Trinajstić information content (AvgIpc) is 3.05. The van der Waals surface area contributed by atoms with E-state index in [2.05, 4.69) is 5.16 Å². The predicted octanol–water partition coefficient (Wildman–Crippen LogP) is 2.97. The Morgan fingerprint density at radius 3 is 2.45 bits per heavy atom. The number of Topliss-reactive ketones (excluding diaryl/α,β-unsaturated/α-hetero) is 1. The lowest BCUT2D eigenvalue weighted by Crippen LogP contribution is -2.21. The molecule has 0 radical (unpaired) electrons. The van der Waals surface area contributed by atoms with Crippen LogP contribution in [0.4, 0.5) is 5.69 Å². The zero-order chi connectivity index (χ0) is 15.5. The van der Waals surface area contributed by atoms with Crippen molar-refractivity contribution in [1.82, 2.24) is 0 Å². The van der Waals surface area contributed by atoms with Gasteiger partial charge in [-0.25, -0.2) is 0 Å². The summed E-state index contributed by atoms with van der Waals surface area (Å²) in [5.41, 5.74) is 1.97. The van der Waals surface area contributed by atoms with Crippen LogP contribution in [0.2, 0.25) is 0 Å². The van der Waals surface area contributed by atoms with Gasteiger partial charge in [-0.05, 0) is 17.7 Å². The molecule has 1 aliphatic rings. The Morgan fingerprint density at radius 1 is 1.14 bits per heavy atom. The first-order chi connectivity index (χ1) is 10.6. The Hall–Kier alpha value is -3.02. The fourth-order valence-electron chi connectivity index (χ4n) is 2.25. The van der Waals surface area contributed by atoms with Gasteiger partial charge in [-0.2, -0.15) is 0 Å². The highest BCUT2D eigenvalue weighted by Crippen LogP contribution is 2.21. The number of nitro groups is 1. The van der Waals surface area contributed by atoms with Crippen molar-refractivity contribution >= 4 is 17.2 Å². The van der Waals surface area contributed by atoms with Gasteiger partial charge in [0, 0.05) is 24.1 Å². The SMILES string of the molecule is O=C(c1ccc([N+](=O)[O-])cc1)C1CC(c2ccccc2)=NO1. The van der Waals surface area contributed by atoms with Crippen LogP contribution in [-0.2, 0) is 4.84 Å². The molecule has 6 heteroatoms. The molecule has 1 aliphatic heterocycles. The molecule has 0 N–H and O–H groups in total. The van der Waals surface area contributed by atoms with E-state index in [4.69, 9.17) is 4.84 Å². The van der Waals surface area contributed by atoms with E-state index in [-0.39, 0.29) is 11.5 Å². The number of benzene rings is 2. The van der Waals surface area contributed by atoms with Gasteiger partial charge in [-0.15, -0.1) is 0 Å². The van der Waals surface area contributed by atoms with Crippen molar-refractivity contribution in [2.75, 3.05) is 0 Å². The lowest BCUT2D eigenvalue weighted by Gasteiger charge is -2.06. The average molecular weight is 296 g/mol. The van der Waals surface area contributed by atoms with Crippen LogP contribution in [-0.4, -0.2) is 22.5 Å². The molecule has 2 aromatic rings. The first-order valence-electron chi connectivity index (χ1n) is 6.72. The normalized spacial score (nSPS) is 16.7. The van der Waals surface area contributed by atoms with Gasteiger partial charge in [0.05, 0.1) is 10.6 Å². The number of rotatable bonds is 4. The number of hydrogen-bond acceptors (Lipinski definition) is 5. The van der Waals surface area contributed by atoms with Gasteiger partial charge in [0.25, 0.3) is 5.69 Å². The van der Waals surface area contributed by atoms with Crippen LogP contribution in [0.25, 0.3) is 0 Å². The van der Waals surface area contributed by atoms with E-state index in [1.54, 1.807) is 0 Å². The Kier molecular flexibility index (Phi) is 3.65. The fourth-order valence-corrected chi connectivity index (χ4v) is 2.25. The highest BCUT2D eigenvalue weighted by Gasteiger charge is 2.29. The molecule has 0 saturated heterocycles. The van der Waals surface area contributed by atoms with E-state index in [1.165, 1.54) is 24.3 Å². The van der Waals surface area contributed by atoms with Crippen molar-refractivity contribution in [1.29, 1.82) is 0 Å². The molecule has 0 aromatic heterocycles. The highest BCUT2D eigenvalue weighted by molar-refractivity contribution is 6.08. The maximum atomic E-state index is 12.3. The third kappa shape index (κ3) is 2.71. The Morgan fingerprint density at radius 2 is 1.82 bits per heavy atom. The van der Waals surface area contributed by atoms with Crippen LogP contribution < -0.4 is 0 Å². The Balaban J connectivity index is 1.71. The van der Waals surface area contributed by atoms with Crippen LogP contribution in [0.15, 0.2) is 59.8 Å². The molecular weight excluding hydrogens is 284 g/mol. The minimum absolute atomic E-state index is 0.0508. The first-order valence-corrected chi connectivity index (χ1v) is 6.72. The highest BCUT2D eigenvalue weighted by atomic mass is 16.6. The summed E-state index contributed by atoms with van der Waals surface area (Å²) in [5.74, 6) is -0.232. The van der Waals surface area contributed by atoms with Crippen LogP contribution >= 0.6 is 0 Å². The number of nitro benzene ring substituents is 1. The van der Waals surface area contributed by atoms with Gasteiger partial charge in [0.15, 0.2) is 6.10 Å². The Labute approximate surface area is 126 Å².